The first-order valence-electron chi connectivity index (χ1n) is 9.04. The summed E-state index contributed by atoms with van der Waals surface area (Å²) in [6.07, 6.45) is 0.873. The molecule has 0 aliphatic carbocycles. The number of hydrogen-bond acceptors (Lipinski definition) is 4. The molecule has 2 atom stereocenters. The topological polar surface area (TPSA) is 95.7 Å². The molecule has 1 unspecified atom stereocenters. The molecular formula is C19H28ClN3O3. The molecule has 6 nitrogen and oxygen atoms in total. The van der Waals surface area contributed by atoms with E-state index in [1.54, 1.807) is 17.0 Å². The molecule has 1 saturated heterocycles. The highest BCUT2D eigenvalue weighted by Gasteiger charge is 2.28. The summed E-state index contributed by atoms with van der Waals surface area (Å²) in [4.78, 5) is 25.8. The molecule has 2 amide bonds. The summed E-state index contributed by atoms with van der Waals surface area (Å²) in [5, 5.41) is 13.8. The van der Waals surface area contributed by atoms with Crippen LogP contribution in [-0.2, 0) is 9.59 Å². The van der Waals surface area contributed by atoms with Crippen LogP contribution in [0, 0.1) is 11.8 Å². The van der Waals surface area contributed by atoms with E-state index in [-0.39, 0.29) is 30.2 Å². The number of likely N-dealkylation sites (tertiary alicyclic amines) is 1. The molecule has 26 heavy (non-hydrogen) atoms. The Kier molecular flexibility index (Phi) is 7.43. The summed E-state index contributed by atoms with van der Waals surface area (Å²) < 4.78 is 0. The molecule has 4 N–H and O–H groups in total. The van der Waals surface area contributed by atoms with Gasteiger partial charge in [-0.25, -0.2) is 0 Å². The Hall–Kier alpha value is -1.63. The Labute approximate surface area is 159 Å². The SMILES string of the molecule is CC(C)[C@H](N)C(=O)NCC(=O)N1CCC(C(O)c2ccc(Cl)cc2)CC1. The molecule has 1 heterocycles. The van der Waals surface area contributed by atoms with Gasteiger partial charge in [-0.3, -0.25) is 9.59 Å². The molecule has 0 saturated carbocycles. The average Bonchev–Trinajstić information content (AvgIpc) is 2.65. The molecule has 1 aliphatic heterocycles. The number of carbonyl (C=O) groups is 2. The summed E-state index contributed by atoms with van der Waals surface area (Å²) in [5.41, 5.74) is 6.61. The number of nitrogens with two attached hydrogens (primary N) is 1. The highest BCUT2D eigenvalue weighted by atomic mass is 35.5. The third kappa shape index (κ3) is 5.43. The lowest BCUT2D eigenvalue weighted by Crippen LogP contribution is -2.49. The van der Waals surface area contributed by atoms with Crippen molar-refractivity contribution in [2.45, 2.75) is 38.8 Å². The fourth-order valence-corrected chi connectivity index (χ4v) is 3.22. The lowest BCUT2D eigenvalue weighted by Gasteiger charge is -2.34. The Morgan fingerprint density at radius 2 is 1.85 bits per heavy atom. The van der Waals surface area contributed by atoms with Crippen molar-refractivity contribution in [1.82, 2.24) is 10.2 Å². The summed E-state index contributed by atoms with van der Waals surface area (Å²) in [6.45, 7) is 4.83. The van der Waals surface area contributed by atoms with Crippen molar-refractivity contribution < 1.29 is 14.7 Å². The number of halogens is 1. The minimum absolute atomic E-state index is 0.0233. The molecule has 0 bridgehead atoms. The van der Waals surface area contributed by atoms with Crippen LogP contribution < -0.4 is 11.1 Å². The molecule has 7 heteroatoms. The second kappa shape index (κ2) is 9.35. The summed E-state index contributed by atoms with van der Waals surface area (Å²) in [6, 6.07) is 6.59. The van der Waals surface area contributed by atoms with Gasteiger partial charge in [0.05, 0.1) is 18.7 Å². The van der Waals surface area contributed by atoms with Crippen LogP contribution in [0.15, 0.2) is 24.3 Å². The number of aliphatic hydroxyl groups excluding tert-OH is 1. The summed E-state index contributed by atoms with van der Waals surface area (Å²) in [5.74, 6) is -0.297. The number of amides is 2. The van der Waals surface area contributed by atoms with Gasteiger partial charge < -0.3 is 21.1 Å². The van der Waals surface area contributed by atoms with E-state index in [2.05, 4.69) is 5.32 Å². The van der Waals surface area contributed by atoms with Crippen molar-refractivity contribution in [1.29, 1.82) is 0 Å². The Bertz CT molecular complexity index is 613. The van der Waals surface area contributed by atoms with Crippen LogP contribution in [-0.4, -0.2) is 47.5 Å². The van der Waals surface area contributed by atoms with Crippen molar-refractivity contribution in [3.63, 3.8) is 0 Å². The van der Waals surface area contributed by atoms with E-state index in [1.807, 2.05) is 26.0 Å². The second-order valence-corrected chi connectivity index (χ2v) is 7.64. The van der Waals surface area contributed by atoms with Crippen LogP contribution in [0.5, 0.6) is 0 Å². The first-order valence-corrected chi connectivity index (χ1v) is 9.42. The third-order valence-electron chi connectivity index (χ3n) is 4.99. The Balaban J connectivity index is 1.79. The Morgan fingerprint density at radius 3 is 2.38 bits per heavy atom. The van der Waals surface area contributed by atoms with E-state index in [1.165, 1.54) is 0 Å². The van der Waals surface area contributed by atoms with E-state index >= 15 is 0 Å². The smallest absolute Gasteiger partial charge is 0.241 e. The molecule has 0 aromatic heterocycles. The van der Waals surface area contributed by atoms with Gasteiger partial charge >= 0.3 is 0 Å². The molecule has 1 fully saturated rings. The molecular weight excluding hydrogens is 354 g/mol. The third-order valence-corrected chi connectivity index (χ3v) is 5.24. The first kappa shape index (κ1) is 20.7. The van der Waals surface area contributed by atoms with Crippen molar-refractivity contribution in [3.05, 3.63) is 34.9 Å². The van der Waals surface area contributed by atoms with Crippen LogP contribution in [0.3, 0.4) is 0 Å². The lowest BCUT2D eigenvalue weighted by molar-refractivity contribution is -0.135. The standard InChI is InChI=1S/C19H28ClN3O3/c1-12(2)17(21)19(26)22-11-16(24)23-9-7-14(8-10-23)18(25)13-3-5-15(20)6-4-13/h3-6,12,14,17-18,25H,7-11,21H2,1-2H3,(H,22,26)/t17-,18?/m0/s1. The maximum Gasteiger partial charge on any atom is 0.241 e. The summed E-state index contributed by atoms with van der Waals surface area (Å²) in [7, 11) is 0. The van der Waals surface area contributed by atoms with E-state index in [0.29, 0.717) is 18.1 Å². The number of aliphatic hydroxyl groups is 1. The van der Waals surface area contributed by atoms with Gasteiger partial charge in [-0.05, 0) is 42.4 Å². The predicted octanol–water partition coefficient (Wildman–Crippen LogP) is 1.71. The maximum atomic E-state index is 12.3. The number of nitrogens with one attached hydrogen (secondary N) is 1. The summed E-state index contributed by atoms with van der Waals surface area (Å²) >= 11 is 5.88. The quantitative estimate of drug-likeness (QED) is 0.699. The van der Waals surface area contributed by atoms with E-state index in [9.17, 15) is 14.7 Å². The first-order chi connectivity index (χ1) is 12.3. The van der Waals surface area contributed by atoms with Gasteiger partial charge in [-0.2, -0.15) is 0 Å². The zero-order valence-electron chi connectivity index (χ0n) is 15.3. The van der Waals surface area contributed by atoms with Gasteiger partial charge in [0.15, 0.2) is 0 Å². The molecule has 2 rings (SSSR count). The van der Waals surface area contributed by atoms with Crippen molar-refractivity contribution in [2.24, 2.45) is 17.6 Å². The number of rotatable bonds is 6. The molecule has 1 aromatic rings. The highest BCUT2D eigenvalue weighted by molar-refractivity contribution is 6.30. The minimum atomic E-state index is -0.608. The number of nitrogens with zero attached hydrogens (tertiary/aromatic N) is 1. The Morgan fingerprint density at radius 1 is 1.27 bits per heavy atom. The maximum absolute atomic E-state index is 12.3. The highest BCUT2D eigenvalue weighted by Crippen LogP contribution is 2.31. The van der Waals surface area contributed by atoms with E-state index in [4.69, 9.17) is 17.3 Å². The molecule has 1 aliphatic rings. The molecule has 0 radical (unpaired) electrons. The predicted molar refractivity (Wildman–Crippen MR) is 102 cm³/mol. The monoisotopic (exact) mass is 381 g/mol. The number of hydrogen-bond donors (Lipinski definition) is 3. The number of piperidine rings is 1. The van der Waals surface area contributed by atoms with Crippen LogP contribution >= 0.6 is 11.6 Å². The number of benzene rings is 1. The largest absolute Gasteiger partial charge is 0.388 e. The normalized spacial score (nSPS) is 17.8. The fraction of sp³-hybridized carbons (Fsp3) is 0.579. The average molecular weight is 382 g/mol. The second-order valence-electron chi connectivity index (χ2n) is 7.20. The molecule has 0 spiro atoms. The fourth-order valence-electron chi connectivity index (χ4n) is 3.09. The molecule has 1 aromatic carbocycles. The van der Waals surface area contributed by atoms with Crippen LogP contribution in [0.1, 0.15) is 38.4 Å². The van der Waals surface area contributed by atoms with Gasteiger partial charge in [-0.15, -0.1) is 0 Å². The van der Waals surface area contributed by atoms with Crippen LogP contribution in [0.4, 0.5) is 0 Å². The van der Waals surface area contributed by atoms with Gasteiger partial charge in [-0.1, -0.05) is 37.6 Å². The van der Waals surface area contributed by atoms with Gasteiger partial charge in [0.1, 0.15) is 0 Å². The van der Waals surface area contributed by atoms with Gasteiger partial charge in [0.25, 0.3) is 0 Å². The van der Waals surface area contributed by atoms with E-state index in [0.717, 1.165) is 18.4 Å². The van der Waals surface area contributed by atoms with Crippen molar-refractivity contribution >= 4 is 23.4 Å². The van der Waals surface area contributed by atoms with Crippen molar-refractivity contribution in [2.75, 3.05) is 19.6 Å². The lowest BCUT2D eigenvalue weighted by atomic mass is 9.87. The number of carbonyl (C=O) groups excluding carboxylic acids is 2. The van der Waals surface area contributed by atoms with Crippen molar-refractivity contribution in [3.8, 4) is 0 Å². The zero-order chi connectivity index (χ0) is 19.3. The van der Waals surface area contributed by atoms with E-state index < -0.39 is 12.1 Å². The minimum Gasteiger partial charge on any atom is -0.388 e. The zero-order valence-corrected chi connectivity index (χ0v) is 16.1. The van der Waals surface area contributed by atoms with Crippen LogP contribution in [0.25, 0.3) is 0 Å². The van der Waals surface area contributed by atoms with Crippen LogP contribution in [0.2, 0.25) is 5.02 Å². The van der Waals surface area contributed by atoms with Gasteiger partial charge in [0.2, 0.25) is 11.8 Å². The molecule has 144 valence electrons. The van der Waals surface area contributed by atoms with Gasteiger partial charge in [0, 0.05) is 18.1 Å².